The molecule has 0 aliphatic rings. The van der Waals surface area contributed by atoms with Crippen LogP contribution in [0.25, 0.3) is 0 Å². The second-order valence-electron chi connectivity index (χ2n) is 3.26. The summed E-state index contributed by atoms with van der Waals surface area (Å²) >= 11 is 0. The van der Waals surface area contributed by atoms with Crippen LogP contribution in [-0.4, -0.2) is 22.0 Å². The number of nitrogens with zero attached hydrogens (tertiary/aromatic N) is 3. The highest BCUT2D eigenvalue weighted by Gasteiger charge is 2.07. The van der Waals surface area contributed by atoms with Gasteiger partial charge in [0.05, 0.1) is 12.0 Å². The van der Waals surface area contributed by atoms with Crippen molar-refractivity contribution in [3.05, 3.63) is 46.8 Å². The van der Waals surface area contributed by atoms with Crippen LogP contribution in [0.15, 0.2) is 36.7 Å². The molecule has 0 atom stereocenters. The van der Waals surface area contributed by atoms with Crippen LogP contribution in [0.3, 0.4) is 0 Å². The number of ether oxygens (including phenoxy) is 2. The molecule has 0 aliphatic carbocycles. The highest BCUT2D eigenvalue weighted by Crippen LogP contribution is 2.21. The second-order valence-corrected chi connectivity index (χ2v) is 3.26. The first-order valence-corrected chi connectivity index (χ1v) is 4.97. The van der Waals surface area contributed by atoms with Gasteiger partial charge >= 0.3 is 11.7 Å². The van der Waals surface area contributed by atoms with Crippen LogP contribution in [0.2, 0.25) is 0 Å². The first-order valence-electron chi connectivity index (χ1n) is 4.97. The average molecular weight is 247 g/mol. The molecular formula is C11H9N3O4. The Bertz CT molecular complexity index is 539. The summed E-state index contributed by atoms with van der Waals surface area (Å²) in [6.45, 7) is 0. The fraction of sp³-hybridized carbons (Fsp3) is 0.0909. The lowest BCUT2D eigenvalue weighted by molar-refractivity contribution is -0.385. The van der Waals surface area contributed by atoms with E-state index in [9.17, 15) is 10.1 Å². The van der Waals surface area contributed by atoms with E-state index in [1.165, 1.54) is 0 Å². The SMILES string of the molecule is COc1ccc(Oc2ncc([N+](=O)[O-])cn2)cc1. The van der Waals surface area contributed by atoms with Gasteiger partial charge in [0, 0.05) is 0 Å². The molecule has 0 amide bonds. The maximum Gasteiger partial charge on any atom is 0.322 e. The van der Waals surface area contributed by atoms with Crippen LogP contribution in [0, 0.1) is 10.1 Å². The van der Waals surface area contributed by atoms with Crippen molar-refractivity contribution >= 4 is 5.69 Å². The minimum absolute atomic E-state index is 0.0470. The molecule has 0 fully saturated rings. The van der Waals surface area contributed by atoms with Gasteiger partial charge < -0.3 is 9.47 Å². The van der Waals surface area contributed by atoms with E-state index >= 15 is 0 Å². The van der Waals surface area contributed by atoms with Crippen molar-refractivity contribution in [3.8, 4) is 17.5 Å². The van der Waals surface area contributed by atoms with E-state index in [1.54, 1.807) is 31.4 Å². The summed E-state index contributed by atoms with van der Waals surface area (Å²) in [5.41, 5.74) is -0.183. The fourth-order valence-electron chi connectivity index (χ4n) is 1.21. The van der Waals surface area contributed by atoms with E-state index in [4.69, 9.17) is 9.47 Å². The van der Waals surface area contributed by atoms with E-state index in [0.29, 0.717) is 11.5 Å². The largest absolute Gasteiger partial charge is 0.497 e. The lowest BCUT2D eigenvalue weighted by Gasteiger charge is -2.04. The zero-order valence-corrected chi connectivity index (χ0v) is 9.44. The summed E-state index contributed by atoms with van der Waals surface area (Å²) in [6.07, 6.45) is 2.18. The Kier molecular flexibility index (Phi) is 3.33. The van der Waals surface area contributed by atoms with E-state index in [-0.39, 0.29) is 11.7 Å². The van der Waals surface area contributed by atoms with Gasteiger partial charge in [0.15, 0.2) is 0 Å². The van der Waals surface area contributed by atoms with Crippen LogP contribution in [0.5, 0.6) is 17.5 Å². The van der Waals surface area contributed by atoms with Crippen molar-refractivity contribution in [3.63, 3.8) is 0 Å². The molecular weight excluding hydrogens is 238 g/mol. The first kappa shape index (κ1) is 11.8. The maximum atomic E-state index is 10.4. The van der Waals surface area contributed by atoms with Gasteiger partial charge in [0.2, 0.25) is 0 Å². The van der Waals surface area contributed by atoms with Crippen molar-refractivity contribution < 1.29 is 14.4 Å². The Morgan fingerprint density at radius 1 is 1.11 bits per heavy atom. The van der Waals surface area contributed by atoms with Gasteiger partial charge in [-0.15, -0.1) is 0 Å². The molecule has 0 aliphatic heterocycles. The number of nitro groups is 1. The van der Waals surface area contributed by atoms with Crippen LogP contribution in [-0.2, 0) is 0 Å². The van der Waals surface area contributed by atoms with Crippen LogP contribution in [0.1, 0.15) is 0 Å². The maximum absolute atomic E-state index is 10.4. The zero-order chi connectivity index (χ0) is 13.0. The summed E-state index contributed by atoms with van der Waals surface area (Å²) in [7, 11) is 1.56. The Labute approximate surface area is 102 Å². The number of hydrogen-bond donors (Lipinski definition) is 0. The van der Waals surface area contributed by atoms with Crippen molar-refractivity contribution in [1.29, 1.82) is 0 Å². The highest BCUT2D eigenvalue weighted by molar-refractivity contribution is 5.33. The number of hydrogen-bond acceptors (Lipinski definition) is 6. The molecule has 92 valence electrons. The molecule has 1 aromatic carbocycles. The second kappa shape index (κ2) is 5.09. The molecule has 2 rings (SSSR count). The summed E-state index contributed by atoms with van der Waals surface area (Å²) < 4.78 is 10.3. The molecule has 0 spiro atoms. The molecule has 1 heterocycles. The van der Waals surface area contributed by atoms with Crippen molar-refractivity contribution in [2.75, 3.05) is 7.11 Å². The smallest absolute Gasteiger partial charge is 0.322 e. The van der Waals surface area contributed by atoms with Crippen LogP contribution < -0.4 is 9.47 Å². The molecule has 1 aromatic heterocycles. The standard InChI is InChI=1S/C11H9N3O4/c1-17-9-2-4-10(5-3-9)18-11-12-6-8(7-13-11)14(15)16/h2-7H,1H3. The van der Waals surface area contributed by atoms with Gasteiger partial charge in [-0.2, -0.15) is 9.97 Å². The molecule has 18 heavy (non-hydrogen) atoms. The molecule has 0 saturated carbocycles. The molecule has 0 unspecified atom stereocenters. The van der Waals surface area contributed by atoms with Gasteiger partial charge in [-0.25, -0.2) is 0 Å². The molecule has 0 radical (unpaired) electrons. The van der Waals surface area contributed by atoms with Gasteiger partial charge in [0.25, 0.3) is 0 Å². The van der Waals surface area contributed by atoms with E-state index < -0.39 is 4.92 Å². The predicted molar refractivity (Wildman–Crippen MR) is 61.8 cm³/mol. The third-order valence-electron chi connectivity index (χ3n) is 2.09. The van der Waals surface area contributed by atoms with Gasteiger partial charge in [-0.3, -0.25) is 10.1 Å². The van der Waals surface area contributed by atoms with E-state index in [1.807, 2.05) is 0 Å². The highest BCUT2D eigenvalue weighted by atomic mass is 16.6. The zero-order valence-electron chi connectivity index (χ0n) is 9.44. The Hall–Kier alpha value is -2.70. The van der Waals surface area contributed by atoms with Crippen LogP contribution in [0.4, 0.5) is 5.69 Å². The number of rotatable bonds is 4. The fourth-order valence-corrected chi connectivity index (χ4v) is 1.21. The normalized spacial score (nSPS) is 9.83. The third kappa shape index (κ3) is 2.70. The van der Waals surface area contributed by atoms with Crippen molar-refractivity contribution in [1.82, 2.24) is 9.97 Å². The molecule has 7 nitrogen and oxygen atoms in total. The molecule has 0 N–H and O–H groups in total. The molecule has 2 aromatic rings. The number of aromatic nitrogens is 2. The quantitative estimate of drug-likeness (QED) is 0.607. The Balaban J connectivity index is 2.10. The topological polar surface area (TPSA) is 87.4 Å². The lowest BCUT2D eigenvalue weighted by Crippen LogP contribution is -1.94. The summed E-state index contributed by atoms with van der Waals surface area (Å²) in [5, 5.41) is 10.4. The van der Waals surface area contributed by atoms with Gasteiger partial charge in [-0.05, 0) is 24.3 Å². The van der Waals surface area contributed by atoms with Crippen molar-refractivity contribution in [2.24, 2.45) is 0 Å². The summed E-state index contributed by atoms with van der Waals surface area (Å²) in [6, 6.07) is 6.86. The minimum Gasteiger partial charge on any atom is -0.497 e. The molecule has 0 bridgehead atoms. The summed E-state index contributed by atoms with van der Waals surface area (Å²) in [5.74, 6) is 1.22. The van der Waals surface area contributed by atoms with E-state index in [2.05, 4.69) is 9.97 Å². The lowest BCUT2D eigenvalue weighted by atomic mass is 10.3. The van der Waals surface area contributed by atoms with Gasteiger partial charge in [-0.1, -0.05) is 0 Å². The number of benzene rings is 1. The summed E-state index contributed by atoms with van der Waals surface area (Å²) in [4.78, 5) is 17.3. The van der Waals surface area contributed by atoms with Gasteiger partial charge in [0.1, 0.15) is 23.9 Å². The van der Waals surface area contributed by atoms with Crippen molar-refractivity contribution in [2.45, 2.75) is 0 Å². The average Bonchev–Trinajstić information content (AvgIpc) is 2.40. The Morgan fingerprint density at radius 3 is 2.17 bits per heavy atom. The third-order valence-corrected chi connectivity index (χ3v) is 2.09. The minimum atomic E-state index is -0.572. The predicted octanol–water partition coefficient (Wildman–Crippen LogP) is 2.19. The monoisotopic (exact) mass is 247 g/mol. The first-order chi connectivity index (χ1) is 8.69. The van der Waals surface area contributed by atoms with Crippen LogP contribution >= 0.6 is 0 Å². The molecule has 7 heteroatoms. The molecule has 0 saturated heterocycles. The Morgan fingerprint density at radius 2 is 1.67 bits per heavy atom. The number of methoxy groups -OCH3 is 1. The van der Waals surface area contributed by atoms with E-state index in [0.717, 1.165) is 12.4 Å².